The van der Waals surface area contributed by atoms with Gasteiger partial charge in [-0.15, -0.1) is 0 Å². The monoisotopic (exact) mass is 500 g/mol. The molecular formula is C32H25FN4O. The van der Waals surface area contributed by atoms with Crippen LogP contribution < -0.4 is 0 Å². The van der Waals surface area contributed by atoms with Crippen LogP contribution in [0.15, 0.2) is 84.7 Å². The Balaban J connectivity index is 1.62. The van der Waals surface area contributed by atoms with Crippen LogP contribution >= 0.6 is 0 Å². The molecule has 5 nitrogen and oxygen atoms in total. The predicted molar refractivity (Wildman–Crippen MR) is 144 cm³/mol. The number of ketones is 1. The van der Waals surface area contributed by atoms with Crippen molar-refractivity contribution >= 4 is 5.78 Å². The first kappa shape index (κ1) is 23.9. The van der Waals surface area contributed by atoms with Gasteiger partial charge in [-0.25, -0.2) is 19.2 Å². The molecule has 38 heavy (non-hydrogen) atoms. The van der Waals surface area contributed by atoms with Crippen LogP contribution in [0.1, 0.15) is 31.5 Å². The molecule has 0 bridgehead atoms. The number of benzene rings is 2. The number of hydrogen-bond acceptors (Lipinski definition) is 4. The van der Waals surface area contributed by atoms with E-state index in [1.54, 1.807) is 30.5 Å². The number of halogens is 1. The summed E-state index contributed by atoms with van der Waals surface area (Å²) < 4.78 is 15.2. The van der Waals surface area contributed by atoms with Gasteiger partial charge >= 0.3 is 0 Å². The Morgan fingerprint density at radius 2 is 1.79 bits per heavy atom. The van der Waals surface area contributed by atoms with Gasteiger partial charge in [0.2, 0.25) is 5.70 Å². The van der Waals surface area contributed by atoms with E-state index >= 15 is 4.39 Å². The Morgan fingerprint density at radius 1 is 1.03 bits per heavy atom. The average Bonchev–Trinajstić information content (AvgIpc) is 2.95. The minimum absolute atomic E-state index is 0.0125. The van der Waals surface area contributed by atoms with Gasteiger partial charge in [0, 0.05) is 39.8 Å². The highest BCUT2D eigenvalue weighted by Crippen LogP contribution is 2.51. The van der Waals surface area contributed by atoms with Gasteiger partial charge in [-0.3, -0.25) is 4.98 Å². The summed E-state index contributed by atoms with van der Waals surface area (Å²) >= 11 is 0. The van der Waals surface area contributed by atoms with Gasteiger partial charge in [0.05, 0.1) is 23.7 Å². The maximum Gasteiger partial charge on any atom is 0.226 e. The van der Waals surface area contributed by atoms with E-state index in [1.807, 2.05) is 56.3 Å². The predicted octanol–water partition coefficient (Wildman–Crippen LogP) is 6.85. The minimum Gasteiger partial charge on any atom is -0.308 e. The molecule has 0 saturated carbocycles. The number of Topliss-reactive ketones (excluding diaryl/α,β-unsaturated/α-hetero) is 1. The normalized spacial score (nSPS) is 22.2. The Bertz CT molecular complexity index is 1660. The summed E-state index contributed by atoms with van der Waals surface area (Å²) in [5, 5.41) is 0. The lowest BCUT2D eigenvalue weighted by Crippen LogP contribution is -2.46. The summed E-state index contributed by atoms with van der Waals surface area (Å²) in [5.74, 6) is -0.317. The van der Waals surface area contributed by atoms with Gasteiger partial charge in [0.15, 0.2) is 11.6 Å². The molecular weight excluding hydrogens is 475 g/mol. The number of fused-ring (bicyclic) bond motifs is 3. The van der Waals surface area contributed by atoms with Crippen LogP contribution in [0.3, 0.4) is 0 Å². The second kappa shape index (κ2) is 9.11. The van der Waals surface area contributed by atoms with Crippen molar-refractivity contribution in [1.29, 1.82) is 0 Å². The highest BCUT2D eigenvalue weighted by atomic mass is 19.1. The first-order valence-electron chi connectivity index (χ1n) is 12.7. The highest BCUT2D eigenvalue weighted by Gasteiger charge is 2.49. The number of nitrogens with zero attached hydrogens (tertiary/aromatic N) is 4. The van der Waals surface area contributed by atoms with Crippen molar-refractivity contribution < 1.29 is 9.18 Å². The summed E-state index contributed by atoms with van der Waals surface area (Å²) in [7, 11) is 0. The third-order valence-corrected chi connectivity index (χ3v) is 8.04. The number of carbonyl (C=O) groups excluding carboxylic acids is 1. The smallest absolute Gasteiger partial charge is 0.226 e. The van der Waals surface area contributed by atoms with Gasteiger partial charge in [-0.1, -0.05) is 62.4 Å². The molecule has 2 aromatic heterocycles. The van der Waals surface area contributed by atoms with E-state index in [1.165, 1.54) is 6.07 Å². The van der Waals surface area contributed by atoms with E-state index in [2.05, 4.69) is 9.83 Å². The molecule has 0 saturated heterocycles. The molecule has 3 atom stereocenters. The van der Waals surface area contributed by atoms with Crippen LogP contribution in [0.2, 0.25) is 0 Å². The standard InChI is InChI=1S/C32H25FN4O/c1-19-24-14-13-23-28(22-11-7-8-12-25(22)33)36-31(37-30(23)32(24,2)18-27(34-3)29(19)38)21-15-16-35-26(17-21)20-9-5-4-6-10-20/h4-12,15-19,24H,13-14H2,1-2H3/t19-,24-,32-/m1/s1. The largest absolute Gasteiger partial charge is 0.308 e. The Labute approximate surface area is 221 Å². The SMILES string of the molecule is [C-]#[N+]C1=C[C@@]2(C)c3nc(-c4ccnc(-c5ccccc5)c4)nc(-c4ccccc4F)c3CC[C@@H]2[C@@H](C)C1=O. The molecule has 0 fully saturated rings. The Morgan fingerprint density at radius 3 is 2.55 bits per heavy atom. The van der Waals surface area contributed by atoms with Crippen molar-refractivity contribution in [3.05, 3.63) is 113 Å². The zero-order valence-electron chi connectivity index (χ0n) is 21.1. The molecule has 0 aliphatic heterocycles. The molecule has 2 aliphatic carbocycles. The summed E-state index contributed by atoms with van der Waals surface area (Å²) in [6.07, 6.45) is 4.88. The van der Waals surface area contributed by atoms with Crippen LogP contribution in [0.4, 0.5) is 4.39 Å². The second-order valence-corrected chi connectivity index (χ2v) is 10.2. The zero-order chi connectivity index (χ0) is 26.4. The van der Waals surface area contributed by atoms with Crippen molar-refractivity contribution in [1.82, 2.24) is 15.0 Å². The first-order chi connectivity index (χ1) is 18.4. The summed E-state index contributed by atoms with van der Waals surface area (Å²) in [4.78, 5) is 31.0. The maximum atomic E-state index is 15.2. The molecule has 6 rings (SSSR count). The number of allylic oxidation sites excluding steroid dienone is 2. The lowest BCUT2D eigenvalue weighted by molar-refractivity contribution is -0.121. The lowest BCUT2D eigenvalue weighted by Gasteiger charge is -2.46. The molecule has 0 radical (unpaired) electrons. The summed E-state index contributed by atoms with van der Waals surface area (Å²) in [5.41, 5.74) is 4.61. The molecule has 0 amide bonds. The fraction of sp³-hybridized carbons (Fsp3) is 0.219. The lowest BCUT2D eigenvalue weighted by atomic mass is 9.58. The molecule has 186 valence electrons. The van der Waals surface area contributed by atoms with E-state index < -0.39 is 5.41 Å². The first-order valence-corrected chi connectivity index (χ1v) is 12.7. The number of aromatic nitrogens is 3. The van der Waals surface area contributed by atoms with Crippen molar-refractivity contribution in [3.63, 3.8) is 0 Å². The second-order valence-electron chi connectivity index (χ2n) is 10.2. The molecule has 4 aromatic rings. The fourth-order valence-corrected chi connectivity index (χ4v) is 6.09. The van der Waals surface area contributed by atoms with E-state index in [4.69, 9.17) is 16.5 Å². The van der Waals surface area contributed by atoms with Gasteiger partial charge in [-0.2, -0.15) is 0 Å². The molecule has 2 aliphatic rings. The Hall–Kier alpha value is -4.50. The van der Waals surface area contributed by atoms with E-state index in [0.717, 1.165) is 34.5 Å². The molecule has 0 spiro atoms. The fourth-order valence-electron chi connectivity index (χ4n) is 6.09. The third kappa shape index (κ3) is 3.74. The van der Waals surface area contributed by atoms with Crippen molar-refractivity contribution in [2.75, 3.05) is 0 Å². The van der Waals surface area contributed by atoms with Crippen LogP contribution in [-0.2, 0) is 16.6 Å². The maximum absolute atomic E-state index is 15.2. The number of rotatable bonds is 3. The average molecular weight is 501 g/mol. The highest BCUT2D eigenvalue weighted by molar-refractivity contribution is 6.00. The number of pyridine rings is 1. The molecule has 0 N–H and O–H groups in total. The number of hydrogen-bond donors (Lipinski definition) is 0. The molecule has 2 heterocycles. The van der Waals surface area contributed by atoms with Gasteiger partial charge in [-0.05, 0) is 43.0 Å². The zero-order valence-corrected chi connectivity index (χ0v) is 21.1. The van der Waals surface area contributed by atoms with E-state index in [9.17, 15) is 4.79 Å². The van der Waals surface area contributed by atoms with Gasteiger partial charge in [0.25, 0.3) is 0 Å². The van der Waals surface area contributed by atoms with Crippen LogP contribution in [0.25, 0.3) is 38.7 Å². The molecule has 6 heteroatoms. The van der Waals surface area contributed by atoms with Crippen LogP contribution in [0.5, 0.6) is 0 Å². The van der Waals surface area contributed by atoms with E-state index in [-0.39, 0.29) is 29.1 Å². The van der Waals surface area contributed by atoms with Gasteiger partial charge < -0.3 is 4.79 Å². The summed E-state index contributed by atoms with van der Waals surface area (Å²) in [6.45, 7) is 11.6. The topological polar surface area (TPSA) is 60.1 Å². The number of carbonyl (C=O) groups is 1. The Kier molecular flexibility index (Phi) is 5.72. The quantitative estimate of drug-likeness (QED) is 0.289. The van der Waals surface area contributed by atoms with Crippen molar-refractivity contribution in [3.8, 4) is 33.9 Å². The van der Waals surface area contributed by atoms with E-state index in [0.29, 0.717) is 23.5 Å². The van der Waals surface area contributed by atoms with Crippen molar-refractivity contribution in [2.24, 2.45) is 11.8 Å². The minimum atomic E-state index is -0.659. The third-order valence-electron chi connectivity index (χ3n) is 8.04. The molecule has 0 unspecified atom stereocenters. The van der Waals surface area contributed by atoms with Gasteiger partial charge in [0.1, 0.15) is 5.82 Å². The van der Waals surface area contributed by atoms with Crippen LogP contribution in [-0.4, -0.2) is 20.7 Å². The van der Waals surface area contributed by atoms with Crippen molar-refractivity contribution in [2.45, 2.75) is 32.1 Å². The molecule has 2 aromatic carbocycles. The van der Waals surface area contributed by atoms with Crippen LogP contribution in [0, 0.1) is 24.2 Å². The summed E-state index contributed by atoms with van der Waals surface area (Å²) in [6, 6.07) is 20.3.